The largest absolute Gasteiger partial charge is 0.394 e. The van der Waals surface area contributed by atoms with E-state index in [9.17, 15) is 14.6 Å². The van der Waals surface area contributed by atoms with Crippen LogP contribution in [-0.4, -0.2) is 52.5 Å². The van der Waals surface area contributed by atoms with Crippen LogP contribution in [0.1, 0.15) is 13.8 Å². The topological polar surface area (TPSA) is 69.9 Å². The molecule has 0 aliphatic carbocycles. The summed E-state index contributed by atoms with van der Waals surface area (Å²) in [5.74, 6) is -0.110. The molecule has 0 aromatic heterocycles. The standard InChI is InChI=1S/C9H17FO4/c1-4(2)9-6(10)8(13)7(12)5(3-11)14-9/h4-9,11-13H,3H2,1-2H3/t5?,6?,7-,8?,9+/m1/s1. The Balaban J connectivity index is 2.73. The molecule has 14 heavy (non-hydrogen) atoms. The molecule has 5 heteroatoms. The summed E-state index contributed by atoms with van der Waals surface area (Å²) >= 11 is 0. The van der Waals surface area contributed by atoms with Crippen molar-refractivity contribution >= 4 is 0 Å². The number of rotatable bonds is 2. The van der Waals surface area contributed by atoms with E-state index in [1.807, 2.05) is 0 Å². The van der Waals surface area contributed by atoms with E-state index in [1.165, 1.54) is 0 Å². The smallest absolute Gasteiger partial charge is 0.155 e. The maximum atomic E-state index is 13.4. The first kappa shape index (κ1) is 11.8. The van der Waals surface area contributed by atoms with Crippen molar-refractivity contribution in [2.24, 2.45) is 5.92 Å². The predicted molar refractivity (Wildman–Crippen MR) is 47.5 cm³/mol. The van der Waals surface area contributed by atoms with Crippen molar-refractivity contribution in [3.05, 3.63) is 0 Å². The summed E-state index contributed by atoms with van der Waals surface area (Å²) in [5, 5.41) is 27.5. The van der Waals surface area contributed by atoms with Crippen molar-refractivity contribution in [2.45, 2.75) is 44.4 Å². The van der Waals surface area contributed by atoms with Gasteiger partial charge in [-0.15, -0.1) is 0 Å². The minimum absolute atomic E-state index is 0.110. The monoisotopic (exact) mass is 208 g/mol. The van der Waals surface area contributed by atoms with Crippen LogP contribution in [0.25, 0.3) is 0 Å². The molecule has 1 fully saturated rings. The molecule has 0 aromatic rings. The lowest BCUT2D eigenvalue weighted by atomic mass is 9.90. The van der Waals surface area contributed by atoms with Crippen LogP contribution < -0.4 is 0 Å². The van der Waals surface area contributed by atoms with Crippen LogP contribution in [0.15, 0.2) is 0 Å². The highest BCUT2D eigenvalue weighted by molar-refractivity contribution is 4.93. The normalized spacial score (nSPS) is 44.4. The van der Waals surface area contributed by atoms with Crippen LogP contribution in [0, 0.1) is 5.92 Å². The van der Waals surface area contributed by atoms with E-state index < -0.39 is 37.2 Å². The van der Waals surface area contributed by atoms with Gasteiger partial charge in [0.15, 0.2) is 6.17 Å². The van der Waals surface area contributed by atoms with Gasteiger partial charge in [-0.1, -0.05) is 13.8 Å². The van der Waals surface area contributed by atoms with Gasteiger partial charge in [0.2, 0.25) is 0 Å². The molecule has 0 bridgehead atoms. The molecule has 1 rings (SSSR count). The molecule has 1 saturated heterocycles. The first-order valence-electron chi connectivity index (χ1n) is 4.75. The molecule has 1 aliphatic heterocycles. The fourth-order valence-corrected chi connectivity index (χ4v) is 1.64. The molecule has 0 radical (unpaired) electrons. The summed E-state index contributed by atoms with van der Waals surface area (Å²) in [5.41, 5.74) is 0. The molecule has 0 spiro atoms. The molecule has 0 amide bonds. The van der Waals surface area contributed by atoms with E-state index >= 15 is 0 Å². The van der Waals surface area contributed by atoms with Crippen LogP contribution in [0.4, 0.5) is 4.39 Å². The summed E-state index contributed by atoms with van der Waals surface area (Å²) in [7, 11) is 0. The third-order valence-corrected chi connectivity index (χ3v) is 2.54. The molecule has 4 nitrogen and oxygen atoms in total. The molecular weight excluding hydrogens is 191 g/mol. The average molecular weight is 208 g/mol. The van der Waals surface area contributed by atoms with Gasteiger partial charge in [0.05, 0.1) is 12.7 Å². The molecular formula is C9H17FO4. The van der Waals surface area contributed by atoms with Gasteiger partial charge in [-0.25, -0.2) is 4.39 Å². The lowest BCUT2D eigenvalue weighted by Crippen LogP contribution is -2.58. The Morgan fingerprint density at radius 2 is 1.86 bits per heavy atom. The first-order valence-corrected chi connectivity index (χ1v) is 4.75. The predicted octanol–water partition coefficient (Wildman–Crippen LogP) is -0.538. The minimum atomic E-state index is -1.60. The van der Waals surface area contributed by atoms with Gasteiger partial charge < -0.3 is 20.1 Å². The van der Waals surface area contributed by atoms with Gasteiger partial charge >= 0.3 is 0 Å². The fourth-order valence-electron chi connectivity index (χ4n) is 1.64. The van der Waals surface area contributed by atoms with Gasteiger partial charge in [0, 0.05) is 0 Å². The second-order valence-corrected chi connectivity index (χ2v) is 3.99. The van der Waals surface area contributed by atoms with Gasteiger partial charge in [-0.05, 0) is 5.92 Å². The summed E-state index contributed by atoms with van der Waals surface area (Å²) in [6, 6.07) is 0. The zero-order valence-corrected chi connectivity index (χ0v) is 8.30. The number of halogens is 1. The van der Waals surface area contributed by atoms with Crippen LogP contribution in [0.2, 0.25) is 0 Å². The van der Waals surface area contributed by atoms with E-state index in [0.29, 0.717) is 0 Å². The summed E-state index contributed by atoms with van der Waals surface area (Å²) in [6.45, 7) is 3.10. The van der Waals surface area contributed by atoms with E-state index in [4.69, 9.17) is 9.84 Å². The quantitative estimate of drug-likeness (QED) is 0.570. The number of hydrogen-bond donors (Lipinski definition) is 3. The van der Waals surface area contributed by atoms with Crippen molar-refractivity contribution in [3.63, 3.8) is 0 Å². The Morgan fingerprint density at radius 1 is 1.29 bits per heavy atom. The Kier molecular flexibility index (Phi) is 3.83. The third-order valence-electron chi connectivity index (χ3n) is 2.54. The molecule has 1 heterocycles. The van der Waals surface area contributed by atoms with E-state index in [0.717, 1.165) is 0 Å². The highest BCUT2D eigenvalue weighted by atomic mass is 19.1. The van der Waals surface area contributed by atoms with E-state index in [-0.39, 0.29) is 5.92 Å². The van der Waals surface area contributed by atoms with E-state index in [2.05, 4.69) is 0 Å². The second-order valence-electron chi connectivity index (χ2n) is 3.99. The molecule has 0 aromatic carbocycles. The first-order chi connectivity index (χ1) is 6.49. The molecule has 3 unspecified atom stereocenters. The highest BCUT2D eigenvalue weighted by Crippen LogP contribution is 2.27. The molecule has 5 atom stereocenters. The van der Waals surface area contributed by atoms with Gasteiger partial charge in [-0.2, -0.15) is 0 Å². The number of aliphatic hydroxyl groups excluding tert-OH is 3. The van der Waals surface area contributed by atoms with Gasteiger partial charge in [0.1, 0.15) is 18.3 Å². The van der Waals surface area contributed by atoms with Crippen LogP contribution >= 0.6 is 0 Å². The van der Waals surface area contributed by atoms with E-state index in [1.54, 1.807) is 13.8 Å². The second kappa shape index (κ2) is 4.53. The van der Waals surface area contributed by atoms with Gasteiger partial charge in [-0.3, -0.25) is 0 Å². The zero-order chi connectivity index (χ0) is 10.9. The third kappa shape index (κ3) is 2.06. The van der Waals surface area contributed by atoms with Crippen molar-refractivity contribution in [2.75, 3.05) is 6.61 Å². The molecule has 1 aliphatic rings. The number of ether oxygens (including phenoxy) is 1. The maximum absolute atomic E-state index is 13.4. The number of alkyl halides is 1. The number of aliphatic hydroxyl groups is 3. The Hall–Kier alpha value is -0.230. The Morgan fingerprint density at radius 3 is 2.29 bits per heavy atom. The van der Waals surface area contributed by atoms with Crippen LogP contribution in [0.5, 0.6) is 0 Å². The number of hydrogen-bond acceptors (Lipinski definition) is 4. The summed E-state index contributed by atoms with van der Waals surface area (Å²) in [6.07, 6.45) is -6.11. The lowest BCUT2D eigenvalue weighted by molar-refractivity contribution is -0.221. The highest BCUT2D eigenvalue weighted by Gasteiger charge is 2.45. The summed E-state index contributed by atoms with van der Waals surface area (Å²) < 4.78 is 18.6. The zero-order valence-electron chi connectivity index (χ0n) is 8.30. The van der Waals surface area contributed by atoms with Crippen molar-refractivity contribution in [1.82, 2.24) is 0 Å². The Labute approximate surface area is 82.3 Å². The lowest BCUT2D eigenvalue weighted by Gasteiger charge is -2.40. The average Bonchev–Trinajstić information content (AvgIpc) is 2.14. The van der Waals surface area contributed by atoms with Crippen molar-refractivity contribution < 1.29 is 24.4 Å². The van der Waals surface area contributed by atoms with Crippen LogP contribution in [-0.2, 0) is 4.74 Å². The van der Waals surface area contributed by atoms with Crippen molar-refractivity contribution in [1.29, 1.82) is 0 Å². The maximum Gasteiger partial charge on any atom is 0.155 e. The van der Waals surface area contributed by atoms with Gasteiger partial charge in [0.25, 0.3) is 0 Å². The van der Waals surface area contributed by atoms with Crippen LogP contribution in [0.3, 0.4) is 0 Å². The molecule has 0 saturated carbocycles. The fraction of sp³-hybridized carbons (Fsp3) is 1.00. The Bertz CT molecular complexity index is 186. The molecule has 3 N–H and O–H groups in total. The summed E-state index contributed by atoms with van der Waals surface area (Å²) in [4.78, 5) is 0. The van der Waals surface area contributed by atoms with Crippen molar-refractivity contribution in [3.8, 4) is 0 Å². The minimum Gasteiger partial charge on any atom is -0.394 e. The molecule has 84 valence electrons. The SMILES string of the molecule is CC(C)[C@@H]1OC(CO)[C@@H](O)C(O)C1F.